The molecule has 1 unspecified atom stereocenters. The Hall–Kier alpha value is -1.18. The first-order chi connectivity index (χ1) is 7.86. The van der Waals surface area contributed by atoms with Crippen LogP contribution in [0, 0.1) is 5.92 Å². The van der Waals surface area contributed by atoms with Gasteiger partial charge in [-0.25, -0.2) is 0 Å². The van der Waals surface area contributed by atoms with Crippen LogP contribution < -0.4 is 0 Å². The zero-order chi connectivity index (χ0) is 11.0. The molecule has 16 heavy (non-hydrogen) atoms. The first-order valence-corrected chi connectivity index (χ1v) is 6.34. The summed E-state index contributed by atoms with van der Waals surface area (Å²) in [7, 11) is 0. The minimum absolute atomic E-state index is 0.107. The lowest BCUT2D eigenvalue weighted by atomic mass is 9.73. The number of nitrogens with zero attached hydrogens (tertiary/aromatic N) is 1. The number of aryl methyl sites for hydroxylation is 1. The van der Waals surface area contributed by atoms with Crippen molar-refractivity contribution in [2.45, 2.75) is 44.4 Å². The third kappa shape index (κ3) is 1.57. The van der Waals surface area contributed by atoms with E-state index in [-0.39, 0.29) is 5.92 Å². The van der Waals surface area contributed by atoms with Gasteiger partial charge in [0.1, 0.15) is 5.78 Å². The van der Waals surface area contributed by atoms with E-state index in [1.165, 1.54) is 12.0 Å². The molecule has 2 nitrogen and oxygen atoms in total. The van der Waals surface area contributed by atoms with Gasteiger partial charge in [0.15, 0.2) is 0 Å². The number of hydrogen-bond donors (Lipinski definition) is 0. The number of Topliss-reactive ketones (excluding diaryl/α,β-unsaturated/α-hetero) is 1. The number of rotatable bonds is 2. The number of pyridine rings is 1. The summed E-state index contributed by atoms with van der Waals surface area (Å²) in [5.41, 5.74) is 2.37. The van der Waals surface area contributed by atoms with Crippen LogP contribution in [0.3, 0.4) is 0 Å². The van der Waals surface area contributed by atoms with Gasteiger partial charge in [0.05, 0.1) is 11.6 Å². The van der Waals surface area contributed by atoms with Crippen LogP contribution in [0.25, 0.3) is 0 Å². The topological polar surface area (TPSA) is 30.0 Å². The highest BCUT2D eigenvalue weighted by Crippen LogP contribution is 2.37. The van der Waals surface area contributed by atoms with Gasteiger partial charge >= 0.3 is 0 Å². The second-order valence-corrected chi connectivity index (χ2v) is 5.02. The van der Waals surface area contributed by atoms with Crippen molar-refractivity contribution in [1.82, 2.24) is 4.98 Å². The molecule has 1 atom stereocenters. The molecule has 3 rings (SSSR count). The molecule has 0 N–H and O–H groups in total. The normalized spacial score (nSPS) is 24.6. The third-order valence-electron chi connectivity index (χ3n) is 4.05. The van der Waals surface area contributed by atoms with E-state index >= 15 is 0 Å². The minimum Gasteiger partial charge on any atom is -0.299 e. The number of carbonyl (C=O) groups is 1. The van der Waals surface area contributed by atoms with Crippen LogP contribution in [0.4, 0.5) is 0 Å². The van der Waals surface area contributed by atoms with Crippen molar-refractivity contribution in [1.29, 1.82) is 0 Å². The molecule has 1 aromatic heterocycles. The molecule has 2 heteroatoms. The summed E-state index contributed by atoms with van der Waals surface area (Å²) in [5, 5.41) is 0. The lowest BCUT2D eigenvalue weighted by Crippen LogP contribution is -2.30. The predicted octanol–water partition coefficient (Wildman–Crippen LogP) is 2.87. The van der Waals surface area contributed by atoms with E-state index < -0.39 is 0 Å². The van der Waals surface area contributed by atoms with E-state index in [0.717, 1.165) is 37.8 Å². The van der Waals surface area contributed by atoms with Crippen molar-refractivity contribution in [2.24, 2.45) is 5.92 Å². The summed E-state index contributed by atoms with van der Waals surface area (Å²) in [6.07, 6.45) is 8.52. The van der Waals surface area contributed by atoms with Crippen LogP contribution in [0.2, 0.25) is 0 Å². The molecule has 2 aliphatic rings. The van der Waals surface area contributed by atoms with Gasteiger partial charge in [-0.3, -0.25) is 9.78 Å². The maximum absolute atomic E-state index is 12.3. The van der Waals surface area contributed by atoms with E-state index in [9.17, 15) is 4.79 Å². The Morgan fingerprint density at radius 3 is 2.88 bits per heavy atom. The fraction of sp³-hybridized carbons (Fsp3) is 0.571. The zero-order valence-corrected chi connectivity index (χ0v) is 9.48. The molecule has 2 aliphatic carbocycles. The van der Waals surface area contributed by atoms with Crippen LogP contribution in [0.1, 0.15) is 49.3 Å². The second kappa shape index (κ2) is 4.00. The van der Waals surface area contributed by atoms with Crippen molar-refractivity contribution >= 4 is 5.78 Å². The lowest BCUT2D eigenvalue weighted by molar-refractivity contribution is -0.127. The standard InChI is InChI=1S/C14H17NO/c16-14(11-5-1-6-11)12-8-2-4-10-7-3-9-15-13(10)12/h3,7,9,11-12H,1-2,4-6,8H2. The highest BCUT2D eigenvalue weighted by atomic mass is 16.1. The Balaban J connectivity index is 1.89. The van der Waals surface area contributed by atoms with Gasteiger partial charge in [-0.2, -0.15) is 0 Å². The van der Waals surface area contributed by atoms with Crippen molar-refractivity contribution in [3.63, 3.8) is 0 Å². The summed E-state index contributed by atoms with van der Waals surface area (Å²) in [6, 6.07) is 4.11. The molecule has 0 radical (unpaired) electrons. The van der Waals surface area contributed by atoms with Crippen LogP contribution in [-0.2, 0) is 11.2 Å². The fourth-order valence-corrected chi connectivity index (χ4v) is 2.86. The van der Waals surface area contributed by atoms with Crippen LogP contribution in [0.5, 0.6) is 0 Å². The van der Waals surface area contributed by atoms with E-state index in [0.29, 0.717) is 11.7 Å². The van der Waals surface area contributed by atoms with E-state index in [1.807, 2.05) is 12.3 Å². The molecule has 1 aromatic rings. The van der Waals surface area contributed by atoms with Crippen LogP contribution in [-0.4, -0.2) is 10.8 Å². The molecule has 0 amide bonds. The van der Waals surface area contributed by atoms with Crippen LogP contribution >= 0.6 is 0 Å². The highest BCUT2D eigenvalue weighted by Gasteiger charge is 2.34. The van der Waals surface area contributed by atoms with Gasteiger partial charge in [0, 0.05) is 12.1 Å². The van der Waals surface area contributed by atoms with Gasteiger partial charge in [0.25, 0.3) is 0 Å². The lowest BCUT2D eigenvalue weighted by Gasteiger charge is -2.30. The van der Waals surface area contributed by atoms with Gasteiger partial charge in [-0.1, -0.05) is 12.5 Å². The molecular weight excluding hydrogens is 198 g/mol. The monoisotopic (exact) mass is 215 g/mol. The molecule has 84 valence electrons. The second-order valence-electron chi connectivity index (χ2n) is 5.02. The summed E-state index contributed by atoms with van der Waals surface area (Å²) in [5.74, 6) is 0.916. The summed E-state index contributed by atoms with van der Waals surface area (Å²) < 4.78 is 0. The van der Waals surface area contributed by atoms with Crippen LogP contribution in [0.15, 0.2) is 18.3 Å². The number of ketones is 1. The number of aromatic nitrogens is 1. The SMILES string of the molecule is O=C(C1CCC1)C1CCCc2cccnc21. The molecule has 0 saturated heterocycles. The number of fused-ring (bicyclic) bond motifs is 1. The Kier molecular flexibility index (Phi) is 2.50. The fourth-order valence-electron chi connectivity index (χ4n) is 2.86. The molecule has 0 bridgehead atoms. The molecule has 0 spiro atoms. The third-order valence-corrected chi connectivity index (χ3v) is 4.05. The molecule has 1 fully saturated rings. The largest absolute Gasteiger partial charge is 0.299 e. The quantitative estimate of drug-likeness (QED) is 0.759. The van der Waals surface area contributed by atoms with E-state index in [2.05, 4.69) is 11.1 Å². The van der Waals surface area contributed by atoms with E-state index in [4.69, 9.17) is 0 Å². The van der Waals surface area contributed by atoms with Crippen molar-refractivity contribution in [2.75, 3.05) is 0 Å². The Morgan fingerprint density at radius 2 is 2.12 bits per heavy atom. The first kappa shape index (κ1) is 10.0. The van der Waals surface area contributed by atoms with Crippen molar-refractivity contribution < 1.29 is 4.79 Å². The van der Waals surface area contributed by atoms with Gasteiger partial charge in [0.2, 0.25) is 0 Å². The molecule has 1 saturated carbocycles. The Bertz CT molecular complexity index is 409. The Labute approximate surface area is 96.1 Å². The summed E-state index contributed by atoms with van der Waals surface area (Å²) in [6.45, 7) is 0. The number of carbonyl (C=O) groups excluding carboxylic acids is 1. The van der Waals surface area contributed by atoms with Gasteiger partial charge in [-0.15, -0.1) is 0 Å². The molecule has 0 aliphatic heterocycles. The summed E-state index contributed by atoms with van der Waals surface area (Å²) >= 11 is 0. The zero-order valence-electron chi connectivity index (χ0n) is 9.48. The molecular formula is C14H17NO. The van der Waals surface area contributed by atoms with Crippen molar-refractivity contribution in [3.05, 3.63) is 29.6 Å². The van der Waals surface area contributed by atoms with E-state index in [1.54, 1.807) is 0 Å². The first-order valence-electron chi connectivity index (χ1n) is 6.34. The molecule has 0 aromatic carbocycles. The molecule has 1 heterocycles. The predicted molar refractivity (Wildman–Crippen MR) is 62.3 cm³/mol. The number of hydrogen-bond acceptors (Lipinski definition) is 2. The Morgan fingerprint density at radius 1 is 1.25 bits per heavy atom. The summed E-state index contributed by atoms with van der Waals surface area (Å²) in [4.78, 5) is 16.7. The van der Waals surface area contributed by atoms with Crippen molar-refractivity contribution in [3.8, 4) is 0 Å². The maximum Gasteiger partial charge on any atom is 0.144 e. The van der Waals surface area contributed by atoms with Gasteiger partial charge < -0.3 is 0 Å². The average molecular weight is 215 g/mol. The maximum atomic E-state index is 12.3. The smallest absolute Gasteiger partial charge is 0.144 e. The average Bonchev–Trinajstić information content (AvgIpc) is 2.26. The highest BCUT2D eigenvalue weighted by molar-refractivity contribution is 5.88. The van der Waals surface area contributed by atoms with Gasteiger partial charge in [-0.05, 0) is 43.7 Å². The minimum atomic E-state index is 0.107.